The van der Waals surface area contributed by atoms with E-state index in [4.69, 9.17) is 0 Å². The maximum Gasteiger partial charge on any atom is -0.00203 e. The van der Waals surface area contributed by atoms with Crippen molar-refractivity contribution in [2.75, 3.05) is 0 Å². The average molecular weight is 607 g/mol. The van der Waals surface area contributed by atoms with Crippen molar-refractivity contribution >= 4 is 53.9 Å². The summed E-state index contributed by atoms with van der Waals surface area (Å²) in [7, 11) is 0. The summed E-state index contributed by atoms with van der Waals surface area (Å²) in [4.78, 5) is 0. The van der Waals surface area contributed by atoms with Crippen LogP contribution in [-0.2, 0) is 0 Å². The summed E-state index contributed by atoms with van der Waals surface area (Å²) < 4.78 is 0. The first kappa shape index (κ1) is 26.9. The molecule has 0 bridgehead atoms. The first-order valence-corrected chi connectivity index (χ1v) is 16.7. The molecular formula is C48H30. The monoisotopic (exact) mass is 606 g/mol. The van der Waals surface area contributed by atoms with Crippen molar-refractivity contribution < 1.29 is 0 Å². The van der Waals surface area contributed by atoms with Gasteiger partial charge in [0.1, 0.15) is 0 Å². The van der Waals surface area contributed by atoms with Crippen LogP contribution in [0.1, 0.15) is 0 Å². The van der Waals surface area contributed by atoms with Crippen molar-refractivity contribution in [2.24, 2.45) is 0 Å². The van der Waals surface area contributed by atoms with E-state index < -0.39 is 0 Å². The summed E-state index contributed by atoms with van der Waals surface area (Å²) in [6.45, 7) is 0. The topological polar surface area (TPSA) is 0 Å². The van der Waals surface area contributed by atoms with Crippen LogP contribution in [0, 0.1) is 0 Å². The lowest BCUT2D eigenvalue weighted by atomic mass is 9.86. The minimum absolute atomic E-state index is 1.23. The first-order valence-electron chi connectivity index (χ1n) is 16.7. The Morgan fingerprint density at radius 2 is 0.688 bits per heavy atom. The summed E-state index contributed by atoms with van der Waals surface area (Å²) in [5.41, 5.74) is 10.00. The van der Waals surface area contributed by atoms with Crippen LogP contribution < -0.4 is 0 Å². The van der Waals surface area contributed by atoms with Gasteiger partial charge >= 0.3 is 0 Å². The molecule has 10 aromatic rings. The van der Waals surface area contributed by atoms with Gasteiger partial charge < -0.3 is 0 Å². The summed E-state index contributed by atoms with van der Waals surface area (Å²) in [6, 6.07) is 67.1. The molecule has 0 spiro atoms. The van der Waals surface area contributed by atoms with Crippen molar-refractivity contribution in [3.63, 3.8) is 0 Å². The normalized spacial score (nSPS) is 11.8. The molecule has 0 unspecified atom stereocenters. The Balaban J connectivity index is 1.10. The number of fused-ring (bicyclic) bond motifs is 2. The second-order valence-corrected chi connectivity index (χ2v) is 12.9. The van der Waals surface area contributed by atoms with Gasteiger partial charge in [-0.3, -0.25) is 0 Å². The van der Waals surface area contributed by atoms with Crippen LogP contribution in [0.4, 0.5) is 0 Å². The molecule has 48 heavy (non-hydrogen) atoms. The summed E-state index contributed by atoms with van der Waals surface area (Å²) >= 11 is 0. The SMILES string of the molecule is c1cc(-c2ccc3ccccc3c2)cc(-c2ccc3ccc4c(-c5ccc(-c6cccc7ccccc67)cc5)ccc5ccc2c3c54)c1. The molecule has 0 heteroatoms. The van der Waals surface area contributed by atoms with Crippen molar-refractivity contribution in [1.29, 1.82) is 0 Å². The molecule has 0 heterocycles. The van der Waals surface area contributed by atoms with Crippen molar-refractivity contribution in [3.05, 3.63) is 182 Å². The van der Waals surface area contributed by atoms with E-state index in [1.54, 1.807) is 0 Å². The van der Waals surface area contributed by atoms with Gasteiger partial charge in [-0.05, 0) is 111 Å². The van der Waals surface area contributed by atoms with E-state index in [1.165, 1.54) is 98.4 Å². The Kier molecular flexibility index (Phi) is 5.98. The highest BCUT2D eigenvalue weighted by molar-refractivity contribution is 6.27. The predicted molar refractivity (Wildman–Crippen MR) is 207 cm³/mol. The molecule has 0 aliphatic rings. The van der Waals surface area contributed by atoms with Gasteiger partial charge in [-0.1, -0.05) is 170 Å². The van der Waals surface area contributed by atoms with Crippen molar-refractivity contribution in [1.82, 2.24) is 0 Å². The third-order valence-electron chi connectivity index (χ3n) is 10.2. The van der Waals surface area contributed by atoms with Gasteiger partial charge in [0.2, 0.25) is 0 Å². The van der Waals surface area contributed by atoms with E-state index >= 15 is 0 Å². The van der Waals surface area contributed by atoms with Gasteiger partial charge in [0.15, 0.2) is 0 Å². The molecule has 0 N–H and O–H groups in total. The molecule has 0 saturated carbocycles. The Labute approximate surface area is 279 Å². The molecule has 0 amide bonds. The smallest absolute Gasteiger partial charge is 0.00203 e. The number of hydrogen-bond donors (Lipinski definition) is 0. The van der Waals surface area contributed by atoms with Crippen LogP contribution in [0.25, 0.3) is 98.4 Å². The van der Waals surface area contributed by atoms with Crippen molar-refractivity contribution in [3.8, 4) is 44.5 Å². The van der Waals surface area contributed by atoms with Crippen LogP contribution >= 0.6 is 0 Å². The maximum absolute atomic E-state index is 2.35. The molecule has 0 aromatic heterocycles. The zero-order chi connectivity index (χ0) is 31.6. The molecule has 222 valence electrons. The van der Waals surface area contributed by atoms with E-state index in [0.717, 1.165) is 0 Å². The standard InChI is InChI=1S/C48H30/c1-2-9-37-29-39(20-15-31(37)7-1)38-11-5-12-40(30-38)44-26-22-36-23-27-45-43(25-21-35-24-28-46(44)48(36)47(35)45)34-18-16-33(17-19-34)42-14-6-10-32-8-3-4-13-41(32)42/h1-30H. The second kappa shape index (κ2) is 10.7. The molecule has 10 rings (SSSR count). The number of hydrogen-bond acceptors (Lipinski definition) is 0. The molecule has 0 fully saturated rings. The molecule has 0 aliphatic heterocycles. The van der Waals surface area contributed by atoms with Crippen LogP contribution in [-0.4, -0.2) is 0 Å². The van der Waals surface area contributed by atoms with Gasteiger partial charge in [-0.15, -0.1) is 0 Å². The van der Waals surface area contributed by atoms with Crippen molar-refractivity contribution in [2.45, 2.75) is 0 Å². The fourth-order valence-electron chi connectivity index (χ4n) is 7.85. The quantitative estimate of drug-likeness (QED) is 0.175. The minimum atomic E-state index is 1.23. The van der Waals surface area contributed by atoms with Crippen LogP contribution in [0.15, 0.2) is 182 Å². The van der Waals surface area contributed by atoms with Crippen LogP contribution in [0.5, 0.6) is 0 Å². The zero-order valence-electron chi connectivity index (χ0n) is 26.3. The van der Waals surface area contributed by atoms with Crippen LogP contribution in [0.2, 0.25) is 0 Å². The molecule has 10 aromatic carbocycles. The van der Waals surface area contributed by atoms with Gasteiger partial charge in [0, 0.05) is 0 Å². The first-order chi connectivity index (χ1) is 23.8. The van der Waals surface area contributed by atoms with E-state index in [2.05, 4.69) is 182 Å². The van der Waals surface area contributed by atoms with E-state index in [-0.39, 0.29) is 0 Å². The largest absolute Gasteiger partial charge is 0.0616 e. The third kappa shape index (κ3) is 4.24. The summed E-state index contributed by atoms with van der Waals surface area (Å²) in [5, 5.41) is 12.9. The van der Waals surface area contributed by atoms with E-state index in [1.807, 2.05) is 0 Å². The molecule has 0 radical (unpaired) electrons. The Hall–Kier alpha value is -6.24. The maximum atomic E-state index is 2.35. The molecule has 0 saturated heterocycles. The second-order valence-electron chi connectivity index (χ2n) is 12.9. The highest BCUT2D eigenvalue weighted by Gasteiger charge is 2.15. The Bertz CT molecular complexity index is 2810. The van der Waals surface area contributed by atoms with Gasteiger partial charge in [0.25, 0.3) is 0 Å². The average Bonchev–Trinajstić information content (AvgIpc) is 3.16. The number of benzene rings is 10. The zero-order valence-corrected chi connectivity index (χ0v) is 26.3. The molecular weight excluding hydrogens is 577 g/mol. The minimum Gasteiger partial charge on any atom is -0.0616 e. The third-order valence-corrected chi connectivity index (χ3v) is 10.2. The lowest BCUT2D eigenvalue weighted by molar-refractivity contribution is 1.62. The van der Waals surface area contributed by atoms with Gasteiger partial charge in [-0.25, -0.2) is 0 Å². The summed E-state index contributed by atoms with van der Waals surface area (Å²) in [5.74, 6) is 0. The van der Waals surface area contributed by atoms with Gasteiger partial charge in [-0.2, -0.15) is 0 Å². The molecule has 0 aliphatic carbocycles. The lowest BCUT2D eigenvalue weighted by Crippen LogP contribution is -1.90. The molecule has 0 atom stereocenters. The van der Waals surface area contributed by atoms with Gasteiger partial charge in [0.05, 0.1) is 0 Å². The molecule has 0 nitrogen and oxygen atoms in total. The summed E-state index contributed by atoms with van der Waals surface area (Å²) in [6.07, 6.45) is 0. The fraction of sp³-hybridized carbons (Fsp3) is 0. The predicted octanol–water partition coefficient (Wildman–Crippen LogP) is 13.6. The Morgan fingerprint density at radius 1 is 0.208 bits per heavy atom. The van der Waals surface area contributed by atoms with E-state index in [0.29, 0.717) is 0 Å². The Morgan fingerprint density at radius 3 is 1.42 bits per heavy atom. The highest BCUT2D eigenvalue weighted by Crippen LogP contribution is 2.43. The number of rotatable bonds is 4. The lowest BCUT2D eigenvalue weighted by Gasteiger charge is -2.17. The highest BCUT2D eigenvalue weighted by atomic mass is 14.2. The van der Waals surface area contributed by atoms with Crippen LogP contribution in [0.3, 0.4) is 0 Å². The fourth-order valence-corrected chi connectivity index (χ4v) is 7.85. The van der Waals surface area contributed by atoms with E-state index in [9.17, 15) is 0 Å².